The zero-order valence-corrected chi connectivity index (χ0v) is 15.6. The predicted molar refractivity (Wildman–Crippen MR) is 95.8 cm³/mol. The van der Waals surface area contributed by atoms with Crippen LogP contribution in [0, 0.1) is 11.6 Å². The summed E-state index contributed by atoms with van der Waals surface area (Å²) in [5.41, 5.74) is -1.88. The fourth-order valence-corrected chi connectivity index (χ4v) is 3.42. The third kappa shape index (κ3) is 4.90. The standard InChI is InChI=1S/C20H20F5N3O/c21-16-8-3-9-17(22)14(16)6-5-13-28(27-11-1-2-12-27)19(29)18-15(20(23,24)25)7-4-10-26-18/h3-4,7-10H,1-2,5-6,11-13H2. The smallest absolute Gasteiger partial charge is 0.270 e. The molecule has 0 aliphatic carbocycles. The monoisotopic (exact) mass is 413 g/mol. The van der Waals surface area contributed by atoms with Gasteiger partial charge in [-0.25, -0.2) is 13.8 Å². The van der Waals surface area contributed by atoms with E-state index in [4.69, 9.17) is 0 Å². The van der Waals surface area contributed by atoms with Crippen LogP contribution in [0.15, 0.2) is 36.5 Å². The first-order valence-electron chi connectivity index (χ1n) is 9.31. The van der Waals surface area contributed by atoms with E-state index in [0.29, 0.717) is 13.1 Å². The number of hydrogen-bond acceptors (Lipinski definition) is 3. The Morgan fingerprint density at radius 1 is 1.07 bits per heavy atom. The van der Waals surface area contributed by atoms with Crippen LogP contribution in [-0.4, -0.2) is 40.5 Å². The first-order chi connectivity index (χ1) is 13.8. The zero-order chi connectivity index (χ0) is 21.0. The number of nitrogens with zero attached hydrogens (tertiary/aromatic N) is 3. The number of halogens is 5. The molecule has 0 unspecified atom stereocenters. The number of hydrogen-bond donors (Lipinski definition) is 0. The van der Waals surface area contributed by atoms with Crippen molar-refractivity contribution in [3.05, 3.63) is 65.0 Å². The molecule has 1 amide bonds. The minimum Gasteiger partial charge on any atom is -0.270 e. The van der Waals surface area contributed by atoms with Gasteiger partial charge in [-0.05, 0) is 49.9 Å². The Morgan fingerprint density at radius 3 is 2.34 bits per heavy atom. The molecule has 0 saturated carbocycles. The molecule has 1 aromatic heterocycles. The van der Waals surface area contributed by atoms with Gasteiger partial charge in [-0.3, -0.25) is 14.8 Å². The number of benzene rings is 1. The molecule has 4 nitrogen and oxygen atoms in total. The SMILES string of the molecule is O=C(c1ncccc1C(F)(F)F)N(CCCc1c(F)cccc1F)N1CCCC1. The molecule has 0 radical (unpaired) electrons. The minimum absolute atomic E-state index is 0.0183. The lowest BCUT2D eigenvalue weighted by Gasteiger charge is -2.32. The fourth-order valence-electron chi connectivity index (χ4n) is 3.42. The van der Waals surface area contributed by atoms with Gasteiger partial charge in [0.25, 0.3) is 5.91 Å². The van der Waals surface area contributed by atoms with E-state index in [1.54, 1.807) is 5.01 Å². The molecule has 9 heteroatoms. The Hall–Kier alpha value is -2.55. The lowest BCUT2D eigenvalue weighted by atomic mass is 10.1. The topological polar surface area (TPSA) is 36.4 Å². The van der Waals surface area contributed by atoms with Crippen molar-refractivity contribution in [1.29, 1.82) is 0 Å². The Labute approximate surface area is 164 Å². The molecular weight excluding hydrogens is 393 g/mol. The lowest BCUT2D eigenvalue weighted by Crippen LogP contribution is -2.46. The molecule has 2 heterocycles. The highest BCUT2D eigenvalue weighted by atomic mass is 19.4. The van der Waals surface area contributed by atoms with Crippen LogP contribution >= 0.6 is 0 Å². The molecule has 0 atom stereocenters. The first-order valence-corrected chi connectivity index (χ1v) is 9.31. The maximum Gasteiger partial charge on any atom is 0.418 e. The van der Waals surface area contributed by atoms with E-state index in [1.807, 2.05) is 0 Å². The highest BCUT2D eigenvalue weighted by molar-refractivity contribution is 5.93. The second-order valence-electron chi connectivity index (χ2n) is 6.79. The Morgan fingerprint density at radius 2 is 1.72 bits per heavy atom. The van der Waals surface area contributed by atoms with Crippen molar-refractivity contribution in [2.24, 2.45) is 0 Å². The van der Waals surface area contributed by atoms with Gasteiger partial charge >= 0.3 is 6.18 Å². The molecular formula is C20H20F5N3O. The summed E-state index contributed by atoms with van der Waals surface area (Å²) in [6.07, 6.45) is -1.76. The van der Waals surface area contributed by atoms with Gasteiger partial charge in [-0.2, -0.15) is 13.2 Å². The number of pyridine rings is 1. The normalized spacial score (nSPS) is 14.9. The summed E-state index contributed by atoms with van der Waals surface area (Å²) in [6.45, 7) is 1.07. The van der Waals surface area contributed by atoms with Crippen molar-refractivity contribution in [2.45, 2.75) is 31.9 Å². The second kappa shape index (κ2) is 8.86. The zero-order valence-electron chi connectivity index (χ0n) is 15.6. The number of amides is 1. The molecule has 1 fully saturated rings. The summed E-state index contributed by atoms with van der Waals surface area (Å²) in [5, 5.41) is 2.90. The molecule has 1 aromatic carbocycles. The van der Waals surface area contributed by atoms with Gasteiger partial charge in [0.1, 0.15) is 17.3 Å². The van der Waals surface area contributed by atoms with Gasteiger partial charge < -0.3 is 0 Å². The van der Waals surface area contributed by atoms with Crippen molar-refractivity contribution < 1.29 is 26.7 Å². The van der Waals surface area contributed by atoms with Crippen molar-refractivity contribution in [3.8, 4) is 0 Å². The van der Waals surface area contributed by atoms with E-state index in [1.165, 1.54) is 11.1 Å². The first kappa shape index (κ1) is 21.2. The van der Waals surface area contributed by atoms with Gasteiger partial charge in [0, 0.05) is 31.4 Å². The van der Waals surface area contributed by atoms with Gasteiger partial charge in [-0.15, -0.1) is 0 Å². The Bertz CT molecular complexity index is 845. The largest absolute Gasteiger partial charge is 0.418 e. The molecule has 3 rings (SSSR count). The number of aromatic nitrogens is 1. The summed E-state index contributed by atoms with van der Waals surface area (Å²) in [7, 11) is 0. The molecule has 1 aliphatic rings. The van der Waals surface area contributed by atoms with Gasteiger partial charge in [0.05, 0.1) is 5.56 Å². The fraction of sp³-hybridized carbons (Fsp3) is 0.400. The van der Waals surface area contributed by atoms with Crippen LogP contribution in [0.4, 0.5) is 22.0 Å². The molecule has 29 heavy (non-hydrogen) atoms. The van der Waals surface area contributed by atoms with E-state index >= 15 is 0 Å². The van der Waals surface area contributed by atoms with Gasteiger partial charge in [-0.1, -0.05) is 6.07 Å². The van der Waals surface area contributed by atoms with Crippen LogP contribution in [0.25, 0.3) is 0 Å². The van der Waals surface area contributed by atoms with Crippen molar-refractivity contribution in [3.63, 3.8) is 0 Å². The van der Waals surface area contributed by atoms with Crippen LogP contribution in [0.2, 0.25) is 0 Å². The van der Waals surface area contributed by atoms with E-state index in [0.717, 1.165) is 43.3 Å². The molecule has 0 spiro atoms. The molecule has 1 saturated heterocycles. The van der Waals surface area contributed by atoms with E-state index < -0.39 is 35.0 Å². The molecule has 1 aliphatic heterocycles. The van der Waals surface area contributed by atoms with Crippen molar-refractivity contribution >= 4 is 5.91 Å². The van der Waals surface area contributed by atoms with Gasteiger partial charge in [0.15, 0.2) is 0 Å². The van der Waals surface area contributed by atoms with E-state index in [2.05, 4.69) is 4.98 Å². The molecule has 156 valence electrons. The molecule has 0 bridgehead atoms. The highest BCUT2D eigenvalue weighted by Crippen LogP contribution is 2.32. The second-order valence-corrected chi connectivity index (χ2v) is 6.79. The summed E-state index contributed by atoms with van der Waals surface area (Å²) < 4.78 is 67.5. The number of carbonyl (C=O) groups excluding carboxylic acids is 1. The van der Waals surface area contributed by atoms with Crippen LogP contribution in [0.1, 0.15) is 40.9 Å². The van der Waals surface area contributed by atoms with Crippen LogP contribution in [0.3, 0.4) is 0 Å². The summed E-state index contributed by atoms with van der Waals surface area (Å²) in [6, 6.07) is 5.49. The van der Waals surface area contributed by atoms with E-state index in [-0.39, 0.29) is 24.9 Å². The number of carbonyl (C=O) groups is 1. The average Bonchev–Trinajstić information content (AvgIpc) is 3.20. The van der Waals surface area contributed by atoms with Crippen LogP contribution < -0.4 is 0 Å². The number of rotatable bonds is 6. The minimum atomic E-state index is -4.72. The van der Waals surface area contributed by atoms with E-state index in [9.17, 15) is 26.7 Å². The lowest BCUT2D eigenvalue weighted by molar-refractivity contribution is -0.138. The summed E-state index contributed by atoms with van der Waals surface area (Å²) >= 11 is 0. The summed E-state index contributed by atoms with van der Waals surface area (Å²) in [5.74, 6) is -2.24. The summed E-state index contributed by atoms with van der Waals surface area (Å²) in [4.78, 5) is 16.6. The molecule has 0 N–H and O–H groups in total. The third-order valence-electron chi connectivity index (χ3n) is 4.83. The van der Waals surface area contributed by atoms with Crippen LogP contribution in [-0.2, 0) is 12.6 Å². The van der Waals surface area contributed by atoms with Gasteiger partial charge in [0.2, 0.25) is 0 Å². The van der Waals surface area contributed by atoms with Crippen molar-refractivity contribution in [2.75, 3.05) is 19.6 Å². The van der Waals surface area contributed by atoms with Crippen LogP contribution in [0.5, 0.6) is 0 Å². The Kier molecular flexibility index (Phi) is 6.46. The van der Waals surface area contributed by atoms with Crippen molar-refractivity contribution in [1.82, 2.24) is 15.0 Å². The highest BCUT2D eigenvalue weighted by Gasteiger charge is 2.38. The quantitative estimate of drug-likeness (QED) is 0.656. The predicted octanol–water partition coefficient (Wildman–Crippen LogP) is 4.46. The Balaban J connectivity index is 1.80. The maximum absolute atomic E-state index is 13.8. The number of hydrazine groups is 1. The maximum atomic E-state index is 13.8. The number of alkyl halides is 3. The third-order valence-corrected chi connectivity index (χ3v) is 4.83. The average molecular weight is 413 g/mol. The molecule has 2 aromatic rings.